The second kappa shape index (κ2) is 7.55. The smallest absolute Gasteiger partial charge is 0.269 e. The van der Waals surface area contributed by atoms with E-state index >= 15 is 0 Å². The first-order chi connectivity index (χ1) is 10.6. The summed E-state index contributed by atoms with van der Waals surface area (Å²) in [5.41, 5.74) is 8.77. The van der Waals surface area contributed by atoms with Gasteiger partial charge in [-0.3, -0.25) is 15.0 Å². The first-order valence-electron chi connectivity index (χ1n) is 7.39. The van der Waals surface area contributed by atoms with Crippen molar-refractivity contribution in [1.29, 1.82) is 0 Å². The normalized spacial score (nSPS) is 20.9. The van der Waals surface area contributed by atoms with E-state index in [0.29, 0.717) is 5.92 Å². The van der Waals surface area contributed by atoms with E-state index in [1.165, 1.54) is 5.56 Å². The molecule has 0 saturated carbocycles. The minimum atomic E-state index is -0.374. The van der Waals surface area contributed by atoms with E-state index < -0.39 is 0 Å². The molecule has 1 heterocycles. The van der Waals surface area contributed by atoms with E-state index in [9.17, 15) is 10.1 Å². The van der Waals surface area contributed by atoms with Crippen molar-refractivity contribution in [3.8, 4) is 0 Å². The summed E-state index contributed by atoms with van der Waals surface area (Å²) in [6.07, 6.45) is 0. The molecule has 2 atom stereocenters. The fraction of sp³-hybridized carbons (Fsp3) is 0.294. The van der Waals surface area contributed by atoms with Crippen molar-refractivity contribution >= 4 is 18.1 Å². The summed E-state index contributed by atoms with van der Waals surface area (Å²) in [4.78, 5) is 12.6. The van der Waals surface area contributed by atoms with Crippen LogP contribution in [-0.2, 0) is 6.54 Å². The molecule has 23 heavy (non-hydrogen) atoms. The number of nitro groups is 1. The number of nitrogens with zero attached hydrogens (tertiary/aromatic N) is 2. The lowest BCUT2D eigenvalue weighted by atomic mass is 9.95. The van der Waals surface area contributed by atoms with Gasteiger partial charge in [-0.15, -0.1) is 12.4 Å². The van der Waals surface area contributed by atoms with Crippen LogP contribution in [0.4, 0.5) is 5.69 Å². The molecule has 5 nitrogen and oxygen atoms in total. The molecule has 2 N–H and O–H groups in total. The highest BCUT2D eigenvalue weighted by Gasteiger charge is 2.30. The van der Waals surface area contributed by atoms with Crippen molar-refractivity contribution in [2.24, 2.45) is 5.73 Å². The van der Waals surface area contributed by atoms with Crippen LogP contribution in [0.2, 0.25) is 0 Å². The van der Waals surface area contributed by atoms with Crippen LogP contribution < -0.4 is 5.73 Å². The lowest BCUT2D eigenvalue weighted by Crippen LogP contribution is -2.28. The van der Waals surface area contributed by atoms with Gasteiger partial charge in [-0.2, -0.15) is 0 Å². The van der Waals surface area contributed by atoms with Gasteiger partial charge in [-0.25, -0.2) is 0 Å². The number of hydrogen-bond donors (Lipinski definition) is 1. The number of halogens is 1. The lowest BCUT2D eigenvalue weighted by molar-refractivity contribution is -0.384. The van der Waals surface area contributed by atoms with Crippen molar-refractivity contribution in [3.05, 3.63) is 75.8 Å². The van der Waals surface area contributed by atoms with E-state index in [2.05, 4.69) is 17.0 Å². The first kappa shape index (κ1) is 17.4. The van der Waals surface area contributed by atoms with Crippen LogP contribution >= 0.6 is 12.4 Å². The van der Waals surface area contributed by atoms with E-state index in [-0.39, 0.29) is 29.1 Å². The second-order valence-corrected chi connectivity index (χ2v) is 5.80. The van der Waals surface area contributed by atoms with Crippen LogP contribution in [0.5, 0.6) is 0 Å². The van der Waals surface area contributed by atoms with E-state index in [1.807, 2.05) is 30.3 Å². The standard InChI is InChI=1S/C17H19N3O2.ClH/c18-17-12-19(11-16(17)14-4-2-1-3-5-14)10-13-6-8-15(9-7-13)20(21)22;/h1-9,16-17H,10-12,18H2;1H/t16-,17+;/m0./s1. The van der Waals surface area contributed by atoms with Crippen LogP contribution in [0, 0.1) is 10.1 Å². The molecule has 0 radical (unpaired) electrons. The zero-order valence-corrected chi connectivity index (χ0v) is 13.5. The van der Waals surface area contributed by atoms with Gasteiger partial charge in [-0.05, 0) is 11.1 Å². The highest BCUT2D eigenvalue weighted by Crippen LogP contribution is 2.27. The van der Waals surface area contributed by atoms with Crippen molar-refractivity contribution in [2.45, 2.75) is 18.5 Å². The minimum absolute atomic E-state index is 0. The van der Waals surface area contributed by atoms with E-state index in [0.717, 1.165) is 25.2 Å². The van der Waals surface area contributed by atoms with E-state index in [1.54, 1.807) is 12.1 Å². The molecule has 0 aromatic heterocycles. The lowest BCUT2D eigenvalue weighted by Gasteiger charge is -2.16. The Morgan fingerprint density at radius 2 is 1.74 bits per heavy atom. The van der Waals surface area contributed by atoms with Gasteiger partial charge in [0.05, 0.1) is 4.92 Å². The third kappa shape index (κ3) is 4.07. The fourth-order valence-corrected chi connectivity index (χ4v) is 3.08. The molecule has 3 rings (SSSR count). The van der Waals surface area contributed by atoms with Gasteiger partial charge in [0.25, 0.3) is 5.69 Å². The summed E-state index contributed by atoms with van der Waals surface area (Å²) in [7, 11) is 0. The summed E-state index contributed by atoms with van der Waals surface area (Å²) in [5.74, 6) is 0.347. The molecule has 1 aliphatic rings. The highest BCUT2D eigenvalue weighted by atomic mass is 35.5. The fourth-order valence-electron chi connectivity index (χ4n) is 3.08. The number of likely N-dealkylation sites (tertiary alicyclic amines) is 1. The number of benzene rings is 2. The monoisotopic (exact) mass is 333 g/mol. The van der Waals surface area contributed by atoms with Gasteiger partial charge in [0.15, 0.2) is 0 Å². The maximum absolute atomic E-state index is 10.7. The van der Waals surface area contributed by atoms with Crippen LogP contribution in [0.1, 0.15) is 17.0 Å². The van der Waals surface area contributed by atoms with Gasteiger partial charge < -0.3 is 5.73 Å². The Bertz CT molecular complexity index is 649. The van der Waals surface area contributed by atoms with Crippen LogP contribution in [-0.4, -0.2) is 29.0 Å². The van der Waals surface area contributed by atoms with E-state index in [4.69, 9.17) is 5.73 Å². The van der Waals surface area contributed by atoms with Crippen LogP contribution in [0.3, 0.4) is 0 Å². The molecular formula is C17H20ClN3O2. The highest BCUT2D eigenvalue weighted by molar-refractivity contribution is 5.85. The maximum atomic E-state index is 10.7. The van der Waals surface area contributed by atoms with Crippen molar-refractivity contribution < 1.29 is 4.92 Å². The minimum Gasteiger partial charge on any atom is -0.326 e. The third-order valence-corrected chi connectivity index (χ3v) is 4.22. The molecule has 122 valence electrons. The van der Waals surface area contributed by atoms with Crippen molar-refractivity contribution in [3.63, 3.8) is 0 Å². The Balaban J connectivity index is 0.00000192. The molecule has 2 aromatic rings. The molecule has 6 heteroatoms. The van der Waals surface area contributed by atoms with Crippen LogP contribution in [0.25, 0.3) is 0 Å². The maximum Gasteiger partial charge on any atom is 0.269 e. The summed E-state index contributed by atoms with van der Waals surface area (Å²) < 4.78 is 0. The molecule has 1 aliphatic heterocycles. The molecule has 0 aliphatic carbocycles. The molecule has 1 saturated heterocycles. The van der Waals surface area contributed by atoms with Gasteiger partial charge >= 0.3 is 0 Å². The summed E-state index contributed by atoms with van der Waals surface area (Å²) in [6, 6.07) is 17.2. The van der Waals surface area contributed by atoms with Crippen molar-refractivity contribution in [1.82, 2.24) is 4.90 Å². The second-order valence-electron chi connectivity index (χ2n) is 5.80. The Hall–Kier alpha value is -1.95. The number of rotatable bonds is 4. The SMILES string of the molecule is Cl.N[C@@H]1CN(Cc2ccc([N+](=O)[O-])cc2)C[C@H]1c1ccccc1. The summed E-state index contributed by atoms with van der Waals surface area (Å²) >= 11 is 0. The first-order valence-corrected chi connectivity index (χ1v) is 7.39. The zero-order valence-electron chi connectivity index (χ0n) is 12.7. The Kier molecular flexibility index (Phi) is 5.71. The van der Waals surface area contributed by atoms with Crippen LogP contribution in [0.15, 0.2) is 54.6 Å². The number of hydrogen-bond acceptors (Lipinski definition) is 4. The average Bonchev–Trinajstić information content (AvgIpc) is 2.89. The molecule has 1 fully saturated rings. The Morgan fingerprint density at radius 3 is 2.35 bits per heavy atom. The molecule has 0 spiro atoms. The topological polar surface area (TPSA) is 72.4 Å². The van der Waals surface area contributed by atoms with Gasteiger partial charge in [0, 0.05) is 43.7 Å². The zero-order chi connectivity index (χ0) is 15.5. The van der Waals surface area contributed by atoms with Crippen molar-refractivity contribution in [2.75, 3.05) is 13.1 Å². The molecular weight excluding hydrogens is 314 g/mol. The third-order valence-electron chi connectivity index (χ3n) is 4.22. The van der Waals surface area contributed by atoms with Gasteiger partial charge in [0.1, 0.15) is 0 Å². The predicted octanol–water partition coefficient (Wildman–Crippen LogP) is 2.94. The number of non-ortho nitro benzene ring substituents is 1. The molecule has 0 unspecified atom stereocenters. The summed E-state index contributed by atoms with van der Waals surface area (Å²) in [5, 5.41) is 10.7. The molecule has 2 aromatic carbocycles. The largest absolute Gasteiger partial charge is 0.326 e. The van der Waals surface area contributed by atoms with Gasteiger partial charge in [0.2, 0.25) is 0 Å². The summed E-state index contributed by atoms with van der Waals surface area (Å²) in [6.45, 7) is 2.54. The Morgan fingerprint density at radius 1 is 1.09 bits per heavy atom. The number of nitro benzene ring substituents is 1. The van der Waals surface area contributed by atoms with Gasteiger partial charge in [-0.1, -0.05) is 42.5 Å². The predicted molar refractivity (Wildman–Crippen MR) is 92.8 cm³/mol. The quantitative estimate of drug-likeness (QED) is 0.689. The molecule has 0 amide bonds. The average molecular weight is 334 g/mol. The molecule has 0 bridgehead atoms. The Labute approximate surface area is 141 Å². The number of nitrogens with two attached hydrogens (primary N) is 1.